The van der Waals surface area contributed by atoms with Gasteiger partial charge in [0.2, 0.25) is 0 Å². The van der Waals surface area contributed by atoms with Crippen LogP contribution in [0.5, 0.6) is 5.75 Å². The van der Waals surface area contributed by atoms with Crippen LogP contribution in [0.2, 0.25) is 0 Å². The van der Waals surface area contributed by atoms with Gasteiger partial charge < -0.3 is 15.2 Å². The fourth-order valence-electron chi connectivity index (χ4n) is 1.90. The maximum absolute atomic E-state index is 10.1. The summed E-state index contributed by atoms with van der Waals surface area (Å²) in [7, 11) is 0. The van der Waals surface area contributed by atoms with E-state index in [2.05, 4.69) is 5.32 Å². The fourth-order valence-corrected chi connectivity index (χ4v) is 1.90. The van der Waals surface area contributed by atoms with Crippen LogP contribution in [0.15, 0.2) is 60.7 Å². The Morgan fingerprint density at radius 2 is 1.60 bits per heavy atom. The third-order valence-corrected chi connectivity index (χ3v) is 3.09. The maximum Gasteiger partial charge on any atom is 0.119 e. The SMILES string of the molecule is CC(COc1ccccc1)NCC(O)c1ccccc1. The highest BCUT2D eigenvalue weighted by atomic mass is 16.5. The molecule has 0 spiro atoms. The van der Waals surface area contributed by atoms with Crippen molar-refractivity contribution in [3.05, 3.63) is 66.2 Å². The number of para-hydroxylation sites is 1. The normalized spacial score (nSPS) is 13.7. The molecule has 3 heteroatoms. The standard InChI is InChI=1S/C17H21NO2/c1-14(13-20-16-10-6-3-7-11-16)18-12-17(19)15-8-4-2-5-9-15/h2-11,14,17-19H,12-13H2,1H3. The molecule has 0 amide bonds. The molecule has 0 saturated heterocycles. The van der Waals surface area contributed by atoms with Gasteiger partial charge in [0.15, 0.2) is 0 Å². The maximum atomic E-state index is 10.1. The van der Waals surface area contributed by atoms with Crippen molar-refractivity contribution in [2.45, 2.75) is 19.1 Å². The molecule has 0 aliphatic carbocycles. The monoisotopic (exact) mass is 271 g/mol. The quantitative estimate of drug-likeness (QED) is 0.813. The van der Waals surface area contributed by atoms with Crippen molar-refractivity contribution in [2.75, 3.05) is 13.2 Å². The van der Waals surface area contributed by atoms with Gasteiger partial charge in [-0.25, -0.2) is 0 Å². The van der Waals surface area contributed by atoms with Crippen LogP contribution in [0.25, 0.3) is 0 Å². The van der Waals surface area contributed by atoms with Gasteiger partial charge in [-0.1, -0.05) is 48.5 Å². The van der Waals surface area contributed by atoms with Gasteiger partial charge in [-0.2, -0.15) is 0 Å². The molecule has 106 valence electrons. The highest BCUT2D eigenvalue weighted by Gasteiger charge is 2.09. The third kappa shape index (κ3) is 4.68. The highest BCUT2D eigenvalue weighted by Crippen LogP contribution is 2.11. The molecule has 2 unspecified atom stereocenters. The van der Waals surface area contributed by atoms with Gasteiger partial charge in [-0.3, -0.25) is 0 Å². The van der Waals surface area contributed by atoms with Gasteiger partial charge in [0.1, 0.15) is 12.4 Å². The predicted molar refractivity (Wildman–Crippen MR) is 80.8 cm³/mol. The summed E-state index contributed by atoms with van der Waals surface area (Å²) in [5.41, 5.74) is 0.927. The van der Waals surface area contributed by atoms with Crippen LogP contribution in [0.1, 0.15) is 18.6 Å². The number of hydrogen-bond donors (Lipinski definition) is 2. The summed E-state index contributed by atoms with van der Waals surface area (Å²) in [6.07, 6.45) is -0.490. The number of nitrogens with one attached hydrogen (secondary N) is 1. The van der Waals surface area contributed by atoms with E-state index in [1.165, 1.54) is 0 Å². The molecule has 0 radical (unpaired) electrons. The van der Waals surface area contributed by atoms with Crippen LogP contribution in [-0.4, -0.2) is 24.3 Å². The Labute approximate surface area is 120 Å². The van der Waals surface area contributed by atoms with E-state index in [4.69, 9.17) is 4.74 Å². The molecule has 3 nitrogen and oxygen atoms in total. The van der Waals surface area contributed by atoms with Crippen molar-refractivity contribution < 1.29 is 9.84 Å². The van der Waals surface area contributed by atoms with Gasteiger partial charge in [0.25, 0.3) is 0 Å². The smallest absolute Gasteiger partial charge is 0.119 e. The Balaban J connectivity index is 1.71. The summed E-state index contributed by atoms with van der Waals surface area (Å²) < 4.78 is 5.66. The lowest BCUT2D eigenvalue weighted by molar-refractivity contribution is 0.163. The van der Waals surface area contributed by atoms with Gasteiger partial charge in [-0.15, -0.1) is 0 Å². The van der Waals surface area contributed by atoms with Gasteiger partial charge in [0, 0.05) is 12.6 Å². The second kappa shape index (κ2) is 7.68. The first-order valence-electron chi connectivity index (χ1n) is 6.90. The molecular formula is C17H21NO2. The van der Waals surface area contributed by atoms with Crippen molar-refractivity contribution in [1.29, 1.82) is 0 Å². The summed E-state index contributed by atoms with van der Waals surface area (Å²) in [5, 5.41) is 13.3. The van der Waals surface area contributed by atoms with Crippen molar-refractivity contribution in [3.63, 3.8) is 0 Å². The van der Waals surface area contributed by atoms with E-state index in [0.29, 0.717) is 13.2 Å². The lowest BCUT2D eigenvalue weighted by Gasteiger charge is -2.18. The Bertz CT molecular complexity index is 487. The van der Waals surface area contributed by atoms with Crippen LogP contribution < -0.4 is 10.1 Å². The Kier molecular flexibility index (Phi) is 5.59. The number of aliphatic hydroxyl groups excluding tert-OH is 1. The summed E-state index contributed by atoms with van der Waals surface area (Å²) in [5.74, 6) is 0.866. The number of ether oxygens (including phenoxy) is 1. The Hall–Kier alpha value is -1.84. The minimum Gasteiger partial charge on any atom is -0.492 e. The second-order valence-corrected chi connectivity index (χ2v) is 4.86. The minimum absolute atomic E-state index is 0.175. The first-order chi connectivity index (χ1) is 9.75. The van der Waals surface area contributed by atoms with Gasteiger partial charge in [-0.05, 0) is 24.6 Å². The van der Waals surface area contributed by atoms with Crippen molar-refractivity contribution in [1.82, 2.24) is 5.32 Å². The molecule has 2 N–H and O–H groups in total. The lowest BCUT2D eigenvalue weighted by atomic mass is 10.1. The lowest BCUT2D eigenvalue weighted by Crippen LogP contribution is -2.34. The summed E-state index contributed by atoms with van der Waals surface area (Å²) in [6, 6.07) is 19.6. The molecule has 20 heavy (non-hydrogen) atoms. The molecular weight excluding hydrogens is 250 g/mol. The first kappa shape index (κ1) is 14.6. The molecule has 0 bridgehead atoms. The van der Waals surface area contributed by atoms with Crippen molar-refractivity contribution >= 4 is 0 Å². The molecule has 0 aliphatic rings. The molecule has 0 saturated carbocycles. The third-order valence-electron chi connectivity index (χ3n) is 3.09. The van der Waals surface area contributed by atoms with Crippen LogP contribution in [0.4, 0.5) is 0 Å². The Morgan fingerprint density at radius 3 is 2.25 bits per heavy atom. The van der Waals surface area contributed by atoms with Gasteiger partial charge >= 0.3 is 0 Å². The molecule has 2 rings (SSSR count). The van der Waals surface area contributed by atoms with Crippen LogP contribution in [0, 0.1) is 0 Å². The van der Waals surface area contributed by atoms with E-state index in [9.17, 15) is 5.11 Å². The number of aliphatic hydroxyl groups is 1. The molecule has 2 aromatic carbocycles. The largest absolute Gasteiger partial charge is 0.492 e. The Morgan fingerprint density at radius 1 is 1.00 bits per heavy atom. The van der Waals surface area contributed by atoms with E-state index in [1.54, 1.807) is 0 Å². The molecule has 0 heterocycles. The number of rotatable bonds is 7. The van der Waals surface area contributed by atoms with Gasteiger partial charge in [0.05, 0.1) is 6.10 Å². The fraction of sp³-hybridized carbons (Fsp3) is 0.294. The van der Waals surface area contributed by atoms with Crippen molar-refractivity contribution in [2.24, 2.45) is 0 Å². The zero-order valence-corrected chi connectivity index (χ0v) is 11.7. The van der Waals surface area contributed by atoms with Crippen molar-refractivity contribution in [3.8, 4) is 5.75 Å². The van der Waals surface area contributed by atoms with E-state index in [1.807, 2.05) is 67.6 Å². The van der Waals surface area contributed by atoms with E-state index >= 15 is 0 Å². The zero-order chi connectivity index (χ0) is 14.2. The topological polar surface area (TPSA) is 41.5 Å². The van der Waals surface area contributed by atoms with E-state index < -0.39 is 6.10 Å². The second-order valence-electron chi connectivity index (χ2n) is 4.86. The molecule has 0 aliphatic heterocycles. The number of benzene rings is 2. The van der Waals surface area contributed by atoms with E-state index in [0.717, 1.165) is 11.3 Å². The summed E-state index contributed by atoms with van der Waals surface area (Å²) >= 11 is 0. The van der Waals surface area contributed by atoms with E-state index in [-0.39, 0.29) is 6.04 Å². The predicted octanol–water partition coefficient (Wildman–Crippen LogP) is 2.78. The summed E-state index contributed by atoms with van der Waals surface area (Å²) in [6.45, 7) is 3.13. The molecule has 2 atom stereocenters. The summed E-state index contributed by atoms with van der Waals surface area (Å²) in [4.78, 5) is 0. The first-order valence-corrected chi connectivity index (χ1v) is 6.90. The average molecular weight is 271 g/mol. The van der Waals surface area contributed by atoms with Crippen LogP contribution >= 0.6 is 0 Å². The van der Waals surface area contributed by atoms with Crippen LogP contribution in [0.3, 0.4) is 0 Å². The zero-order valence-electron chi connectivity index (χ0n) is 11.7. The molecule has 0 fully saturated rings. The minimum atomic E-state index is -0.490. The highest BCUT2D eigenvalue weighted by molar-refractivity contribution is 5.21. The average Bonchev–Trinajstić information content (AvgIpc) is 2.52. The number of hydrogen-bond acceptors (Lipinski definition) is 3. The molecule has 0 aromatic heterocycles. The molecule has 2 aromatic rings. The van der Waals surface area contributed by atoms with Crippen LogP contribution in [-0.2, 0) is 0 Å².